The monoisotopic (exact) mass is 272 g/mol. The van der Waals surface area contributed by atoms with E-state index in [1.54, 1.807) is 22.9 Å². The first-order valence-corrected chi connectivity index (χ1v) is 6.27. The average molecular weight is 272 g/mol. The molecule has 0 aliphatic carbocycles. The second-order valence-corrected chi connectivity index (χ2v) is 4.79. The molecule has 0 fully saturated rings. The van der Waals surface area contributed by atoms with Gasteiger partial charge in [0.05, 0.1) is 17.8 Å². The molecule has 0 unspecified atom stereocenters. The summed E-state index contributed by atoms with van der Waals surface area (Å²) in [6, 6.07) is 6.73. The zero-order chi connectivity index (χ0) is 14.9. The third-order valence-corrected chi connectivity index (χ3v) is 3.15. The van der Waals surface area contributed by atoms with Crippen LogP contribution in [0.4, 0.5) is 0 Å². The number of carboxylic acid groups (broad SMARTS) is 1. The zero-order valence-electron chi connectivity index (χ0n) is 11.7. The van der Waals surface area contributed by atoms with Gasteiger partial charge in [-0.15, -0.1) is 0 Å². The Labute approximate surface area is 116 Å². The lowest BCUT2D eigenvalue weighted by molar-refractivity contribution is -0.117. The van der Waals surface area contributed by atoms with E-state index in [2.05, 4.69) is 5.10 Å². The maximum Gasteiger partial charge on any atom is 0.335 e. The summed E-state index contributed by atoms with van der Waals surface area (Å²) in [5.74, 6) is -0.931. The molecule has 5 heteroatoms. The highest BCUT2D eigenvalue weighted by atomic mass is 16.4. The fourth-order valence-corrected chi connectivity index (χ4v) is 2.29. The molecule has 0 aliphatic rings. The Balaban J connectivity index is 2.52. The molecule has 1 aromatic carbocycles. The van der Waals surface area contributed by atoms with Crippen LogP contribution in [0.1, 0.15) is 28.7 Å². The van der Waals surface area contributed by atoms with Crippen molar-refractivity contribution in [2.75, 3.05) is 0 Å². The van der Waals surface area contributed by atoms with Crippen molar-refractivity contribution in [2.24, 2.45) is 0 Å². The molecule has 0 amide bonds. The maximum atomic E-state index is 11.2. The Morgan fingerprint density at radius 1 is 1.30 bits per heavy atom. The normalized spacial score (nSPS) is 10.6. The van der Waals surface area contributed by atoms with Gasteiger partial charge >= 0.3 is 5.97 Å². The molecular weight excluding hydrogens is 256 g/mol. The van der Waals surface area contributed by atoms with E-state index in [9.17, 15) is 9.59 Å². The lowest BCUT2D eigenvalue weighted by Crippen LogP contribution is -2.09. The third kappa shape index (κ3) is 2.61. The van der Waals surface area contributed by atoms with E-state index in [1.807, 2.05) is 19.9 Å². The van der Waals surface area contributed by atoms with Gasteiger partial charge in [-0.05, 0) is 38.5 Å². The Morgan fingerprint density at radius 3 is 2.60 bits per heavy atom. The van der Waals surface area contributed by atoms with Crippen molar-refractivity contribution in [3.63, 3.8) is 0 Å². The molecule has 1 heterocycles. The predicted octanol–water partition coefficient (Wildman–Crippen LogP) is 2.45. The van der Waals surface area contributed by atoms with Crippen LogP contribution in [0.25, 0.3) is 11.1 Å². The number of carbonyl (C=O) groups excluding carboxylic acids is 1. The smallest absolute Gasteiger partial charge is 0.335 e. The number of aromatic carboxylic acids is 1. The van der Waals surface area contributed by atoms with Crippen LogP contribution < -0.4 is 0 Å². The van der Waals surface area contributed by atoms with Crippen LogP contribution in [-0.2, 0) is 11.3 Å². The Bertz CT molecular complexity index is 686. The van der Waals surface area contributed by atoms with E-state index in [0.717, 1.165) is 22.5 Å². The number of ketones is 1. The van der Waals surface area contributed by atoms with E-state index in [1.165, 1.54) is 6.92 Å². The average Bonchev–Trinajstić information content (AvgIpc) is 2.64. The van der Waals surface area contributed by atoms with Crippen molar-refractivity contribution in [1.29, 1.82) is 0 Å². The highest BCUT2D eigenvalue weighted by Gasteiger charge is 2.15. The summed E-state index contributed by atoms with van der Waals surface area (Å²) in [5.41, 5.74) is 3.57. The van der Waals surface area contributed by atoms with Gasteiger partial charge in [0.15, 0.2) is 5.78 Å². The van der Waals surface area contributed by atoms with Gasteiger partial charge in [-0.1, -0.05) is 12.1 Å². The van der Waals surface area contributed by atoms with Gasteiger partial charge in [-0.3, -0.25) is 9.48 Å². The summed E-state index contributed by atoms with van der Waals surface area (Å²) in [6.45, 7) is 5.48. The molecule has 1 N–H and O–H groups in total. The van der Waals surface area contributed by atoms with Crippen molar-refractivity contribution >= 4 is 11.8 Å². The molecule has 0 aliphatic heterocycles. The van der Waals surface area contributed by atoms with Crippen LogP contribution in [0.3, 0.4) is 0 Å². The Hall–Kier alpha value is -2.43. The summed E-state index contributed by atoms with van der Waals surface area (Å²) >= 11 is 0. The van der Waals surface area contributed by atoms with E-state index in [-0.39, 0.29) is 17.9 Å². The van der Waals surface area contributed by atoms with E-state index < -0.39 is 5.97 Å². The van der Waals surface area contributed by atoms with E-state index >= 15 is 0 Å². The predicted molar refractivity (Wildman–Crippen MR) is 74.8 cm³/mol. The SMILES string of the molecule is CC(=O)Cn1nc(C)c(-c2cccc(C(=O)O)c2)c1C. The van der Waals surface area contributed by atoms with E-state index in [0.29, 0.717) is 0 Å². The van der Waals surface area contributed by atoms with Crippen LogP contribution in [0, 0.1) is 13.8 Å². The molecule has 5 nitrogen and oxygen atoms in total. The van der Waals surface area contributed by atoms with Gasteiger partial charge in [0, 0.05) is 11.3 Å². The molecular formula is C15H16N2O3. The highest BCUT2D eigenvalue weighted by Crippen LogP contribution is 2.27. The summed E-state index contributed by atoms with van der Waals surface area (Å²) in [5, 5.41) is 13.4. The molecule has 2 aromatic rings. The molecule has 2 rings (SSSR count). The topological polar surface area (TPSA) is 72.2 Å². The minimum absolute atomic E-state index is 0.0291. The minimum atomic E-state index is -0.960. The molecule has 0 saturated carbocycles. The summed E-state index contributed by atoms with van der Waals surface area (Å²) in [4.78, 5) is 22.3. The lowest BCUT2D eigenvalue weighted by atomic mass is 10.0. The number of carbonyl (C=O) groups is 2. The van der Waals surface area contributed by atoms with Crippen molar-refractivity contribution in [2.45, 2.75) is 27.3 Å². The quantitative estimate of drug-likeness (QED) is 0.928. The fraction of sp³-hybridized carbons (Fsp3) is 0.267. The number of hydrogen-bond acceptors (Lipinski definition) is 3. The molecule has 104 valence electrons. The second-order valence-electron chi connectivity index (χ2n) is 4.79. The van der Waals surface area contributed by atoms with Gasteiger partial charge in [0.1, 0.15) is 0 Å². The summed E-state index contributed by atoms with van der Waals surface area (Å²) < 4.78 is 1.65. The van der Waals surface area contributed by atoms with Gasteiger partial charge < -0.3 is 5.11 Å². The standard InChI is InChI=1S/C15H16N2O3/c1-9(18)8-17-11(3)14(10(2)16-17)12-5-4-6-13(7-12)15(19)20/h4-7H,8H2,1-3H3,(H,19,20). The van der Waals surface area contributed by atoms with Gasteiger partial charge in [0.25, 0.3) is 0 Å². The van der Waals surface area contributed by atoms with Crippen LogP contribution in [0.5, 0.6) is 0 Å². The fourth-order valence-electron chi connectivity index (χ4n) is 2.29. The van der Waals surface area contributed by atoms with E-state index in [4.69, 9.17) is 5.11 Å². The number of hydrogen-bond donors (Lipinski definition) is 1. The van der Waals surface area contributed by atoms with Crippen LogP contribution >= 0.6 is 0 Å². The van der Waals surface area contributed by atoms with Gasteiger partial charge in [0.2, 0.25) is 0 Å². The highest BCUT2D eigenvalue weighted by molar-refractivity contribution is 5.89. The van der Waals surface area contributed by atoms with Crippen molar-refractivity contribution in [3.05, 3.63) is 41.2 Å². The van der Waals surface area contributed by atoms with Crippen molar-refractivity contribution in [1.82, 2.24) is 9.78 Å². The van der Waals surface area contributed by atoms with Crippen LogP contribution in [0.15, 0.2) is 24.3 Å². The minimum Gasteiger partial charge on any atom is -0.478 e. The molecule has 0 radical (unpaired) electrons. The number of aromatic nitrogens is 2. The van der Waals surface area contributed by atoms with Gasteiger partial charge in [-0.25, -0.2) is 4.79 Å². The molecule has 0 saturated heterocycles. The number of aryl methyl sites for hydroxylation is 1. The molecule has 20 heavy (non-hydrogen) atoms. The number of rotatable bonds is 4. The molecule has 0 spiro atoms. The number of nitrogens with zero attached hydrogens (tertiary/aromatic N) is 2. The second kappa shape index (κ2) is 5.28. The number of benzene rings is 1. The molecule has 0 bridgehead atoms. The van der Waals surface area contributed by atoms with Crippen LogP contribution in [0.2, 0.25) is 0 Å². The molecule has 1 aromatic heterocycles. The first-order valence-electron chi connectivity index (χ1n) is 6.27. The zero-order valence-corrected chi connectivity index (χ0v) is 11.7. The maximum absolute atomic E-state index is 11.2. The first kappa shape index (κ1) is 14.0. The van der Waals surface area contributed by atoms with Crippen molar-refractivity contribution in [3.8, 4) is 11.1 Å². The van der Waals surface area contributed by atoms with Crippen molar-refractivity contribution < 1.29 is 14.7 Å². The number of carboxylic acids is 1. The summed E-state index contributed by atoms with van der Waals surface area (Å²) in [7, 11) is 0. The first-order chi connectivity index (χ1) is 9.40. The lowest BCUT2D eigenvalue weighted by Gasteiger charge is -2.05. The molecule has 0 atom stereocenters. The third-order valence-electron chi connectivity index (χ3n) is 3.15. The Kier molecular flexibility index (Phi) is 3.70. The summed E-state index contributed by atoms with van der Waals surface area (Å²) in [6.07, 6.45) is 0. The van der Waals surface area contributed by atoms with Gasteiger partial charge in [-0.2, -0.15) is 5.10 Å². The largest absolute Gasteiger partial charge is 0.478 e. The Morgan fingerprint density at radius 2 is 2.00 bits per heavy atom. The van der Waals surface area contributed by atoms with Crippen LogP contribution in [-0.4, -0.2) is 26.6 Å². The number of Topliss-reactive ketones (excluding diaryl/α,β-unsaturated/α-hetero) is 1.